The first-order valence-electron chi connectivity index (χ1n) is 8.66. The molecule has 0 aliphatic rings. The van der Waals surface area contributed by atoms with Crippen LogP contribution < -0.4 is 15.4 Å². The van der Waals surface area contributed by atoms with Gasteiger partial charge in [-0.25, -0.2) is 0 Å². The molecular weight excluding hydrogens is 437 g/mol. The summed E-state index contributed by atoms with van der Waals surface area (Å²) in [6.07, 6.45) is -4.37. The van der Waals surface area contributed by atoms with E-state index >= 15 is 0 Å². The van der Waals surface area contributed by atoms with Crippen LogP contribution in [0.1, 0.15) is 12.5 Å². The van der Waals surface area contributed by atoms with Crippen molar-refractivity contribution in [1.82, 2.24) is 10.2 Å². The number of hydrogen-bond acceptors (Lipinski definition) is 7. The van der Waals surface area contributed by atoms with Gasteiger partial charge >= 0.3 is 6.18 Å². The lowest BCUT2D eigenvalue weighted by Crippen LogP contribution is -2.19. The van der Waals surface area contributed by atoms with Crippen molar-refractivity contribution in [3.8, 4) is 5.75 Å². The molecule has 2 aromatic carbocycles. The smallest absolute Gasteiger partial charge is 0.422 e. The zero-order valence-electron chi connectivity index (χ0n) is 15.7. The highest BCUT2D eigenvalue weighted by Gasteiger charge is 2.28. The van der Waals surface area contributed by atoms with Crippen molar-refractivity contribution in [2.75, 3.05) is 17.2 Å². The summed E-state index contributed by atoms with van der Waals surface area (Å²) in [7, 11) is 0. The molecule has 158 valence electrons. The summed E-state index contributed by atoms with van der Waals surface area (Å²) >= 11 is 2.77. The van der Waals surface area contributed by atoms with Crippen LogP contribution in [0.4, 0.5) is 29.7 Å². The number of nitrogens with one attached hydrogen (secondary N) is 2. The third-order valence-electron chi connectivity index (χ3n) is 3.50. The average Bonchev–Trinajstić information content (AvgIpc) is 3.12. The Bertz CT molecular complexity index is 1010. The Kier molecular flexibility index (Phi) is 7.16. The van der Waals surface area contributed by atoms with Gasteiger partial charge in [-0.2, -0.15) is 13.2 Å². The summed E-state index contributed by atoms with van der Waals surface area (Å²) in [6.45, 7) is 0.116. The lowest BCUT2D eigenvalue weighted by atomic mass is 10.2. The Balaban J connectivity index is 1.55. The molecule has 3 aromatic rings. The maximum atomic E-state index is 12.3. The molecule has 3 rings (SSSR count). The van der Waals surface area contributed by atoms with E-state index in [2.05, 4.69) is 20.8 Å². The summed E-state index contributed by atoms with van der Waals surface area (Å²) in [4.78, 5) is 11.2. The highest BCUT2D eigenvalue weighted by atomic mass is 32.2. The van der Waals surface area contributed by atoms with Crippen LogP contribution in [0.15, 0.2) is 52.9 Å². The number of amides is 1. The van der Waals surface area contributed by atoms with E-state index in [1.54, 1.807) is 36.4 Å². The molecule has 1 heterocycles. The van der Waals surface area contributed by atoms with Crippen molar-refractivity contribution >= 4 is 45.5 Å². The van der Waals surface area contributed by atoms with E-state index in [-0.39, 0.29) is 11.7 Å². The van der Waals surface area contributed by atoms with Crippen molar-refractivity contribution in [3.05, 3.63) is 54.1 Å². The van der Waals surface area contributed by atoms with Crippen LogP contribution in [0.5, 0.6) is 5.75 Å². The molecule has 1 aromatic heterocycles. The number of nitrogens with zero attached hydrogens (tertiary/aromatic N) is 2. The zero-order valence-corrected chi connectivity index (χ0v) is 17.3. The molecule has 30 heavy (non-hydrogen) atoms. The van der Waals surface area contributed by atoms with E-state index < -0.39 is 12.8 Å². The van der Waals surface area contributed by atoms with Gasteiger partial charge in [0.15, 0.2) is 10.9 Å². The number of carbonyl (C=O) groups excluding carboxylic acids is 1. The topological polar surface area (TPSA) is 76.1 Å². The number of alkyl halides is 3. The fraction of sp³-hybridized carbons (Fsp3) is 0.211. The summed E-state index contributed by atoms with van der Waals surface area (Å²) in [5.41, 5.74) is 2.23. The van der Waals surface area contributed by atoms with E-state index in [0.717, 1.165) is 11.3 Å². The second-order valence-electron chi connectivity index (χ2n) is 6.10. The minimum absolute atomic E-state index is 0.158. The van der Waals surface area contributed by atoms with Gasteiger partial charge in [-0.1, -0.05) is 41.3 Å². The van der Waals surface area contributed by atoms with Gasteiger partial charge in [0.05, 0.1) is 0 Å². The lowest BCUT2D eigenvalue weighted by molar-refractivity contribution is -0.153. The van der Waals surface area contributed by atoms with Gasteiger partial charge in [-0.05, 0) is 35.9 Å². The van der Waals surface area contributed by atoms with E-state index in [9.17, 15) is 18.0 Å². The summed E-state index contributed by atoms with van der Waals surface area (Å²) in [6, 6.07) is 13.7. The van der Waals surface area contributed by atoms with Gasteiger partial charge in [-0.3, -0.25) is 4.79 Å². The largest absolute Gasteiger partial charge is 0.484 e. The second-order valence-corrected chi connectivity index (χ2v) is 8.30. The van der Waals surface area contributed by atoms with E-state index in [1.165, 1.54) is 36.1 Å². The van der Waals surface area contributed by atoms with Crippen molar-refractivity contribution in [2.24, 2.45) is 0 Å². The van der Waals surface area contributed by atoms with Gasteiger partial charge in [0.2, 0.25) is 11.0 Å². The van der Waals surface area contributed by atoms with E-state index in [1.807, 2.05) is 6.07 Å². The number of aromatic nitrogens is 2. The number of benzene rings is 2. The zero-order chi connectivity index (χ0) is 21.6. The molecule has 0 atom stereocenters. The fourth-order valence-electron chi connectivity index (χ4n) is 2.36. The molecule has 0 radical (unpaired) electrons. The van der Waals surface area contributed by atoms with E-state index in [4.69, 9.17) is 4.74 Å². The Labute approximate surface area is 178 Å². The second kappa shape index (κ2) is 9.81. The maximum Gasteiger partial charge on any atom is 0.422 e. The number of halogens is 3. The standard InChI is InChI=1S/C19H17F3N4O2S2/c1-12(27)23-14-5-3-6-15(9-14)24-17-25-26-18(30-17)29-10-13-4-2-7-16(8-13)28-11-19(20,21)22/h2-9H,10-11H2,1H3,(H,23,27)(H,24,25). The Hall–Kier alpha value is -2.79. The predicted octanol–water partition coefficient (Wildman–Crippen LogP) is 5.47. The van der Waals surface area contributed by atoms with Crippen molar-refractivity contribution in [1.29, 1.82) is 0 Å². The minimum Gasteiger partial charge on any atom is -0.484 e. The fourth-order valence-corrected chi connectivity index (χ4v) is 4.07. The molecule has 0 saturated heterocycles. The number of thioether (sulfide) groups is 1. The highest BCUT2D eigenvalue weighted by Crippen LogP contribution is 2.31. The molecule has 0 saturated carbocycles. The molecule has 11 heteroatoms. The number of carbonyl (C=O) groups is 1. The van der Waals surface area contributed by atoms with Crippen LogP contribution in [0.25, 0.3) is 0 Å². The Morgan fingerprint density at radius 2 is 1.90 bits per heavy atom. The van der Waals surface area contributed by atoms with Crippen LogP contribution in [0.2, 0.25) is 0 Å². The molecule has 0 spiro atoms. The van der Waals surface area contributed by atoms with Crippen molar-refractivity contribution in [2.45, 2.75) is 23.2 Å². The number of hydrogen-bond donors (Lipinski definition) is 2. The average molecular weight is 454 g/mol. The van der Waals surface area contributed by atoms with Crippen LogP contribution in [0.3, 0.4) is 0 Å². The maximum absolute atomic E-state index is 12.3. The predicted molar refractivity (Wildman–Crippen MR) is 111 cm³/mol. The minimum atomic E-state index is -4.37. The molecule has 1 amide bonds. The Morgan fingerprint density at radius 3 is 2.67 bits per heavy atom. The van der Waals surface area contributed by atoms with Gasteiger partial charge in [0.1, 0.15) is 5.75 Å². The van der Waals surface area contributed by atoms with Crippen LogP contribution >= 0.6 is 23.1 Å². The quantitative estimate of drug-likeness (QED) is 0.440. The van der Waals surface area contributed by atoms with Crippen LogP contribution in [-0.2, 0) is 10.5 Å². The molecule has 6 nitrogen and oxygen atoms in total. The molecular formula is C19H17F3N4O2S2. The molecule has 0 unspecified atom stereocenters. The lowest BCUT2D eigenvalue weighted by Gasteiger charge is -2.09. The first kappa shape index (κ1) is 21.9. The van der Waals surface area contributed by atoms with Gasteiger partial charge in [0, 0.05) is 24.1 Å². The van der Waals surface area contributed by atoms with Crippen LogP contribution in [0, 0.1) is 0 Å². The number of ether oxygens (including phenoxy) is 1. The number of anilines is 3. The summed E-state index contributed by atoms with van der Waals surface area (Å²) in [5.74, 6) is 0.522. The normalized spacial score (nSPS) is 11.2. The first-order valence-corrected chi connectivity index (χ1v) is 10.5. The van der Waals surface area contributed by atoms with Crippen molar-refractivity contribution < 1.29 is 22.7 Å². The summed E-state index contributed by atoms with van der Waals surface area (Å²) < 4.78 is 42.3. The monoisotopic (exact) mass is 454 g/mol. The molecule has 0 aliphatic carbocycles. The third kappa shape index (κ3) is 7.23. The van der Waals surface area contributed by atoms with E-state index in [0.29, 0.717) is 20.9 Å². The number of rotatable bonds is 8. The highest BCUT2D eigenvalue weighted by molar-refractivity contribution is 8.00. The molecule has 2 N–H and O–H groups in total. The molecule has 0 bridgehead atoms. The SMILES string of the molecule is CC(=O)Nc1cccc(Nc2nnc(SCc3cccc(OCC(F)(F)F)c3)s2)c1. The van der Waals surface area contributed by atoms with Gasteiger partial charge in [-0.15, -0.1) is 10.2 Å². The van der Waals surface area contributed by atoms with Crippen molar-refractivity contribution in [3.63, 3.8) is 0 Å². The molecule has 0 fully saturated rings. The first-order chi connectivity index (χ1) is 14.3. The Morgan fingerprint density at radius 1 is 1.13 bits per heavy atom. The third-order valence-corrected chi connectivity index (χ3v) is 5.55. The summed E-state index contributed by atoms with van der Waals surface area (Å²) in [5, 5.41) is 14.6. The molecule has 0 aliphatic heterocycles. The van der Waals surface area contributed by atoms with Crippen LogP contribution in [-0.4, -0.2) is 28.9 Å². The van der Waals surface area contributed by atoms with Gasteiger partial charge < -0.3 is 15.4 Å². The van der Waals surface area contributed by atoms with Gasteiger partial charge in [0.25, 0.3) is 0 Å².